The standard InChI is InChI=1S/C19H18Cl2O8.Na/c20-11-5-10(28-19-17(25)16(24)15(23)13(7-22)29-19)6-12(21)14(11)8-1-3-9(4-2-8)18(26)27;/h1-6,13,15-17,19,22-25H,7H2,(H,26,27);/q;+1/p-1/t13-,15-,16+,17+,19+;/m1./s1. The Kier molecular flexibility index (Phi) is 8.96. The van der Waals surface area contributed by atoms with Crippen molar-refractivity contribution in [2.45, 2.75) is 30.7 Å². The molecule has 5 atom stereocenters. The van der Waals surface area contributed by atoms with Gasteiger partial charge in [0.05, 0.1) is 22.6 Å². The Bertz CT molecular complexity index is 870. The maximum Gasteiger partial charge on any atom is 1.00 e. The van der Waals surface area contributed by atoms with Crippen molar-refractivity contribution < 1.29 is 69.4 Å². The number of benzene rings is 2. The fraction of sp³-hybridized carbons (Fsp3) is 0.316. The molecule has 4 N–H and O–H groups in total. The molecule has 1 heterocycles. The monoisotopic (exact) mass is 466 g/mol. The summed E-state index contributed by atoms with van der Waals surface area (Å²) >= 11 is 12.6. The molecule has 0 spiro atoms. The molecule has 1 aliphatic heterocycles. The molecule has 1 aliphatic rings. The van der Waals surface area contributed by atoms with Gasteiger partial charge in [0.2, 0.25) is 6.29 Å². The zero-order valence-corrected chi connectivity index (χ0v) is 19.2. The molecule has 2 aromatic rings. The number of hydrogen-bond donors (Lipinski definition) is 4. The first-order chi connectivity index (χ1) is 13.7. The van der Waals surface area contributed by atoms with Gasteiger partial charge in [-0.15, -0.1) is 0 Å². The zero-order chi connectivity index (χ0) is 21.3. The molecule has 1 saturated heterocycles. The van der Waals surface area contributed by atoms with Gasteiger partial charge in [0.25, 0.3) is 0 Å². The van der Waals surface area contributed by atoms with Crippen LogP contribution in [0.15, 0.2) is 36.4 Å². The van der Waals surface area contributed by atoms with Gasteiger partial charge in [-0.25, -0.2) is 0 Å². The van der Waals surface area contributed by atoms with Gasteiger partial charge in [-0.3, -0.25) is 0 Å². The van der Waals surface area contributed by atoms with Gasteiger partial charge in [0, 0.05) is 5.56 Å². The molecule has 0 amide bonds. The van der Waals surface area contributed by atoms with Crippen molar-refractivity contribution in [3.63, 3.8) is 0 Å². The summed E-state index contributed by atoms with van der Waals surface area (Å²) in [7, 11) is 0. The normalized spacial score (nSPS) is 26.0. The Hall–Kier alpha value is -0.910. The molecule has 0 saturated carbocycles. The van der Waals surface area contributed by atoms with E-state index in [0.717, 1.165) is 0 Å². The molecule has 11 heteroatoms. The number of aliphatic hydroxyl groups is 4. The van der Waals surface area contributed by atoms with Gasteiger partial charge in [-0.1, -0.05) is 47.5 Å². The minimum atomic E-state index is -1.58. The van der Waals surface area contributed by atoms with E-state index >= 15 is 0 Å². The van der Waals surface area contributed by atoms with Crippen LogP contribution in [-0.2, 0) is 4.74 Å². The molecular weight excluding hydrogens is 450 g/mol. The largest absolute Gasteiger partial charge is 1.00 e. The first-order valence-corrected chi connectivity index (χ1v) is 9.26. The van der Waals surface area contributed by atoms with Crippen LogP contribution in [0.1, 0.15) is 10.4 Å². The number of aliphatic hydroxyl groups excluding tert-OH is 4. The Balaban J connectivity index is 0.00000320. The molecule has 156 valence electrons. The maximum absolute atomic E-state index is 10.9. The van der Waals surface area contributed by atoms with Crippen LogP contribution < -0.4 is 39.4 Å². The van der Waals surface area contributed by atoms with Crippen LogP contribution in [0.25, 0.3) is 11.1 Å². The quantitative estimate of drug-likeness (QED) is 0.346. The van der Waals surface area contributed by atoms with E-state index in [9.17, 15) is 30.3 Å². The zero-order valence-electron chi connectivity index (χ0n) is 15.7. The summed E-state index contributed by atoms with van der Waals surface area (Å²) in [6.07, 6.45) is -7.18. The van der Waals surface area contributed by atoms with E-state index in [0.29, 0.717) is 11.1 Å². The van der Waals surface area contributed by atoms with E-state index in [1.807, 2.05) is 0 Å². The van der Waals surface area contributed by atoms with Gasteiger partial charge in [0.15, 0.2) is 0 Å². The number of ether oxygens (including phenoxy) is 2. The summed E-state index contributed by atoms with van der Waals surface area (Å²) in [5.41, 5.74) is 0.993. The molecule has 1 fully saturated rings. The third-order valence-electron chi connectivity index (χ3n) is 4.53. The van der Waals surface area contributed by atoms with Crippen LogP contribution in [0, 0.1) is 0 Å². The van der Waals surface area contributed by atoms with E-state index in [-0.39, 0.29) is 50.9 Å². The summed E-state index contributed by atoms with van der Waals surface area (Å²) in [4.78, 5) is 10.9. The number of halogens is 2. The van der Waals surface area contributed by atoms with Gasteiger partial charge in [-0.05, 0) is 23.3 Å². The third kappa shape index (κ3) is 5.28. The van der Waals surface area contributed by atoms with E-state index < -0.39 is 43.3 Å². The smallest absolute Gasteiger partial charge is 0.545 e. The molecule has 0 unspecified atom stereocenters. The van der Waals surface area contributed by atoms with Crippen LogP contribution in [-0.4, -0.2) is 63.7 Å². The number of carboxylic acids is 1. The van der Waals surface area contributed by atoms with Gasteiger partial charge < -0.3 is 39.8 Å². The molecule has 30 heavy (non-hydrogen) atoms. The fourth-order valence-electron chi connectivity index (χ4n) is 2.97. The topological polar surface area (TPSA) is 140 Å². The SMILES string of the molecule is O=C([O-])c1ccc(-c2c(Cl)cc(O[C@H]3O[C@H](CO)[C@@H](O)[C@H](O)[C@@H]3O)cc2Cl)cc1.[Na+]. The number of rotatable bonds is 5. The number of aromatic carboxylic acids is 1. The molecular formula is C19H17Cl2NaO8. The second-order valence-corrected chi connectivity index (χ2v) is 7.26. The Morgan fingerprint density at radius 3 is 2.10 bits per heavy atom. The maximum atomic E-state index is 10.9. The van der Waals surface area contributed by atoms with Crippen molar-refractivity contribution in [1.82, 2.24) is 0 Å². The molecule has 0 aromatic heterocycles. The van der Waals surface area contributed by atoms with E-state index in [2.05, 4.69) is 0 Å². The summed E-state index contributed by atoms with van der Waals surface area (Å²) < 4.78 is 10.8. The van der Waals surface area contributed by atoms with Crippen LogP contribution >= 0.6 is 23.2 Å². The average molecular weight is 467 g/mol. The first kappa shape index (κ1) is 25.4. The van der Waals surface area contributed by atoms with Crippen molar-refractivity contribution in [2.75, 3.05) is 6.61 Å². The predicted octanol–water partition coefficient (Wildman–Crippen LogP) is -2.79. The van der Waals surface area contributed by atoms with E-state index in [4.69, 9.17) is 32.7 Å². The van der Waals surface area contributed by atoms with Crippen molar-refractivity contribution in [3.05, 3.63) is 52.0 Å². The summed E-state index contributed by atoms with van der Waals surface area (Å²) in [5.74, 6) is -1.20. The van der Waals surface area contributed by atoms with Crippen LogP contribution in [0.2, 0.25) is 10.0 Å². The number of carbonyl (C=O) groups excluding carboxylic acids is 1. The van der Waals surface area contributed by atoms with Crippen molar-refractivity contribution in [1.29, 1.82) is 0 Å². The van der Waals surface area contributed by atoms with Crippen molar-refractivity contribution in [3.8, 4) is 16.9 Å². The van der Waals surface area contributed by atoms with Crippen molar-refractivity contribution in [2.24, 2.45) is 0 Å². The van der Waals surface area contributed by atoms with Crippen LogP contribution in [0.3, 0.4) is 0 Å². The predicted molar refractivity (Wildman–Crippen MR) is 101 cm³/mol. The Morgan fingerprint density at radius 2 is 1.60 bits per heavy atom. The number of hydrogen-bond acceptors (Lipinski definition) is 8. The van der Waals surface area contributed by atoms with Crippen LogP contribution in [0.5, 0.6) is 5.75 Å². The fourth-order valence-corrected chi connectivity index (χ4v) is 3.65. The Morgan fingerprint density at radius 1 is 1.03 bits per heavy atom. The van der Waals surface area contributed by atoms with Gasteiger partial charge in [0.1, 0.15) is 30.2 Å². The second kappa shape index (κ2) is 10.6. The van der Waals surface area contributed by atoms with Gasteiger partial charge >= 0.3 is 29.6 Å². The molecule has 0 bridgehead atoms. The number of carbonyl (C=O) groups is 1. The van der Waals surface area contributed by atoms with Crippen LogP contribution in [0.4, 0.5) is 0 Å². The van der Waals surface area contributed by atoms with Crippen molar-refractivity contribution >= 4 is 29.2 Å². The molecule has 3 rings (SSSR count). The Labute approximate surface area is 203 Å². The van der Waals surface area contributed by atoms with E-state index in [1.165, 1.54) is 36.4 Å². The number of carboxylic acid groups (broad SMARTS) is 1. The minimum absolute atomic E-state index is 0. The van der Waals surface area contributed by atoms with Gasteiger partial charge in [-0.2, -0.15) is 0 Å². The molecule has 0 radical (unpaired) electrons. The summed E-state index contributed by atoms with van der Waals surface area (Å²) in [5, 5.41) is 50.2. The second-order valence-electron chi connectivity index (χ2n) is 6.44. The summed E-state index contributed by atoms with van der Waals surface area (Å²) in [6.45, 7) is -0.590. The molecule has 8 nitrogen and oxygen atoms in total. The first-order valence-electron chi connectivity index (χ1n) is 8.51. The minimum Gasteiger partial charge on any atom is -0.545 e. The summed E-state index contributed by atoms with van der Waals surface area (Å²) in [6, 6.07) is 8.56. The average Bonchev–Trinajstić information content (AvgIpc) is 2.68. The molecule has 0 aliphatic carbocycles. The van der Waals surface area contributed by atoms with E-state index in [1.54, 1.807) is 0 Å². The third-order valence-corrected chi connectivity index (χ3v) is 5.12. The molecule has 2 aromatic carbocycles.